The predicted octanol–water partition coefficient (Wildman–Crippen LogP) is 1.54. The smallest absolute Gasteiger partial charge is 0.191 e. The van der Waals surface area contributed by atoms with Gasteiger partial charge in [-0.2, -0.15) is 0 Å². The number of guanidine groups is 1. The minimum atomic E-state index is 0. The number of hydrogen-bond acceptors (Lipinski definition) is 5. The first-order chi connectivity index (χ1) is 10.4. The van der Waals surface area contributed by atoms with Crippen LogP contribution in [0.15, 0.2) is 21.8 Å². The van der Waals surface area contributed by atoms with Gasteiger partial charge in [-0.15, -0.1) is 24.0 Å². The highest BCUT2D eigenvalue weighted by atomic mass is 127. The summed E-state index contributed by atoms with van der Waals surface area (Å²) in [6.07, 6.45) is 3.77. The number of nitrogens with zero attached hydrogens (tertiary/aromatic N) is 2. The third-order valence-electron chi connectivity index (χ3n) is 3.09. The molecule has 1 aromatic heterocycles. The van der Waals surface area contributed by atoms with Crippen LogP contribution >= 0.6 is 24.0 Å². The van der Waals surface area contributed by atoms with Crippen molar-refractivity contribution in [3.05, 3.63) is 18.0 Å². The minimum Gasteiger partial charge on any atom is -0.379 e. The molecule has 0 bridgehead atoms. The molecule has 2 rings (SSSR count). The summed E-state index contributed by atoms with van der Waals surface area (Å²) in [4.78, 5) is 4.44. The number of nitrogens with one attached hydrogen (secondary N) is 2. The fraction of sp³-hybridized carbons (Fsp3) is 0.714. The lowest BCUT2D eigenvalue weighted by Crippen LogP contribution is -2.38. The van der Waals surface area contributed by atoms with Gasteiger partial charge in [0.25, 0.3) is 0 Å². The standard InChI is InChI=1S/C14H24N4O3.HI/c1-2-15-14(17-10-12-4-9-21-18-12)16-6-3-7-20-13-5-8-19-11-13;/h4,9,13H,2-3,5-8,10-11H2,1H3,(H2,15,16,17);1H. The normalized spacial score (nSPS) is 18.0. The fourth-order valence-electron chi connectivity index (χ4n) is 1.99. The number of halogens is 1. The van der Waals surface area contributed by atoms with Crippen molar-refractivity contribution in [2.24, 2.45) is 4.99 Å². The molecule has 1 fully saturated rings. The van der Waals surface area contributed by atoms with Crippen molar-refractivity contribution in [2.45, 2.75) is 32.4 Å². The summed E-state index contributed by atoms with van der Waals surface area (Å²) in [6, 6.07) is 1.81. The van der Waals surface area contributed by atoms with Crippen LogP contribution in [-0.2, 0) is 16.0 Å². The maximum absolute atomic E-state index is 5.72. The van der Waals surface area contributed by atoms with Crippen molar-refractivity contribution in [2.75, 3.05) is 32.9 Å². The quantitative estimate of drug-likeness (QED) is 0.285. The molecule has 8 heteroatoms. The average molecular weight is 424 g/mol. The Balaban J connectivity index is 0.00000242. The fourth-order valence-corrected chi connectivity index (χ4v) is 1.99. The van der Waals surface area contributed by atoms with E-state index in [4.69, 9.17) is 14.0 Å². The first-order valence-electron chi connectivity index (χ1n) is 7.49. The van der Waals surface area contributed by atoms with Gasteiger partial charge in [0.15, 0.2) is 5.96 Å². The van der Waals surface area contributed by atoms with Crippen LogP contribution in [0.25, 0.3) is 0 Å². The molecule has 1 atom stereocenters. The molecular formula is C14H25IN4O3. The molecule has 22 heavy (non-hydrogen) atoms. The summed E-state index contributed by atoms with van der Waals surface area (Å²) in [6.45, 7) is 6.47. The molecule has 1 aromatic rings. The summed E-state index contributed by atoms with van der Waals surface area (Å²) in [5, 5.41) is 10.3. The Labute approximate surface area is 148 Å². The predicted molar refractivity (Wildman–Crippen MR) is 94.5 cm³/mol. The van der Waals surface area contributed by atoms with Crippen LogP contribution in [0.5, 0.6) is 0 Å². The second-order valence-electron chi connectivity index (χ2n) is 4.82. The molecule has 0 aromatic carbocycles. The molecule has 1 saturated heterocycles. The van der Waals surface area contributed by atoms with E-state index < -0.39 is 0 Å². The molecule has 0 spiro atoms. The Morgan fingerprint density at radius 1 is 1.50 bits per heavy atom. The van der Waals surface area contributed by atoms with Crippen molar-refractivity contribution in [1.82, 2.24) is 15.8 Å². The molecule has 1 aliphatic heterocycles. The van der Waals surface area contributed by atoms with Crippen LogP contribution in [-0.4, -0.2) is 50.1 Å². The van der Waals surface area contributed by atoms with Crippen LogP contribution in [0, 0.1) is 0 Å². The van der Waals surface area contributed by atoms with Crippen molar-refractivity contribution in [1.29, 1.82) is 0 Å². The van der Waals surface area contributed by atoms with E-state index in [-0.39, 0.29) is 30.1 Å². The zero-order valence-corrected chi connectivity index (χ0v) is 15.2. The maximum atomic E-state index is 5.72. The van der Waals surface area contributed by atoms with Crippen molar-refractivity contribution >= 4 is 29.9 Å². The second-order valence-corrected chi connectivity index (χ2v) is 4.82. The number of ether oxygens (including phenoxy) is 2. The van der Waals surface area contributed by atoms with Gasteiger partial charge in [0.2, 0.25) is 0 Å². The summed E-state index contributed by atoms with van der Waals surface area (Å²) < 4.78 is 15.8. The Kier molecular flexibility index (Phi) is 10.2. The Morgan fingerprint density at radius 3 is 3.09 bits per heavy atom. The lowest BCUT2D eigenvalue weighted by atomic mass is 10.3. The van der Waals surface area contributed by atoms with E-state index in [0.717, 1.165) is 57.4 Å². The number of aliphatic imine (C=N–C) groups is 1. The molecule has 126 valence electrons. The summed E-state index contributed by atoms with van der Waals surface area (Å²) in [7, 11) is 0. The van der Waals surface area contributed by atoms with E-state index in [1.807, 2.05) is 13.0 Å². The Hall–Kier alpha value is -0.870. The van der Waals surface area contributed by atoms with Crippen LogP contribution in [0.2, 0.25) is 0 Å². The third kappa shape index (κ3) is 7.41. The van der Waals surface area contributed by atoms with Gasteiger partial charge >= 0.3 is 0 Å². The molecule has 1 unspecified atom stereocenters. The summed E-state index contributed by atoms with van der Waals surface area (Å²) in [5.74, 6) is 0.782. The first-order valence-corrected chi connectivity index (χ1v) is 7.49. The summed E-state index contributed by atoms with van der Waals surface area (Å²) in [5.41, 5.74) is 0.816. The van der Waals surface area contributed by atoms with Gasteiger partial charge < -0.3 is 24.6 Å². The molecule has 0 amide bonds. The third-order valence-corrected chi connectivity index (χ3v) is 3.09. The van der Waals surface area contributed by atoms with E-state index in [1.54, 1.807) is 6.26 Å². The van der Waals surface area contributed by atoms with Crippen LogP contribution in [0.3, 0.4) is 0 Å². The van der Waals surface area contributed by atoms with E-state index in [2.05, 4.69) is 20.8 Å². The average Bonchev–Trinajstić information content (AvgIpc) is 3.17. The van der Waals surface area contributed by atoms with Gasteiger partial charge in [-0.05, 0) is 19.8 Å². The topological polar surface area (TPSA) is 80.9 Å². The molecule has 0 saturated carbocycles. The number of rotatable bonds is 8. The number of aromatic nitrogens is 1. The van der Waals surface area contributed by atoms with Gasteiger partial charge in [-0.25, -0.2) is 4.99 Å². The highest BCUT2D eigenvalue weighted by molar-refractivity contribution is 14.0. The molecule has 0 radical (unpaired) electrons. The van der Waals surface area contributed by atoms with Gasteiger partial charge in [0.1, 0.15) is 12.0 Å². The molecule has 7 nitrogen and oxygen atoms in total. The van der Waals surface area contributed by atoms with E-state index in [0.29, 0.717) is 6.54 Å². The molecular weight excluding hydrogens is 399 g/mol. The molecule has 1 aliphatic rings. The second kappa shape index (κ2) is 11.7. The lowest BCUT2D eigenvalue weighted by Gasteiger charge is -2.12. The van der Waals surface area contributed by atoms with Gasteiger partial charge in [0, 0.05) is 32.4 Å². The van der Waals surface area contributed by atoms with Crippen LogP contribution in [0.1, 0.15) is 25.5 Å². The molecule has 2 heterocycles. The van der Waals surface area contributed by atoms with Crippen LogP contribution < -0.4 is 10.6 Å². The Bertz CT molecular complexity index is 408. The number of hydrogen-bond donors (Lipinski definition) is 2. The maximum Gasteiger partial charge on any atom is 0.191 e. The van der Waals surface area contributed by atoms with Gasteiger partial charge in [-0.3, -0.25) is 0 Å². The first kappa shape index (κ1) is 19.2. The summed E-state index contributed by atoms with van der Waals surface area (Å²) >= 11 is 0. The zero-order valence-electron chi connectivity index (χ0n) is 12.9. The molecule has 0 aliphatic carbocycles. The Morgan fingerprint density at radius 2 is 2.41 bits per heavy atom. The van der Waals surface area contributed by atoms with Gasteiger partial charge in [0.05, 0.1) is 19.3 Å². The van der Waals surface area contributed by atoms with Crippen LogP contribution in [0.4, 0.5) is 0 Å². The van der Waals surface area contributed by atoms with Gasteiger partial charge in [-0.1, -0.05) is 5.16 Å². The van der Waals surface area contributed by atoms with Crippen molar-refractivity contribution in [3.63, 3.8) is 0 Å². The molecule has 2 N–H and O–H groups in total. The van der Waals surface area contributed by atoms with Crippen molar-refractivity contribution < 1.29 is 14.0 Å². The van der Waals surface area contributed by atoms with E-state index in [9.17, 15) is 0 Å². The highest BCUT2D eigenvalue weighted by Gasteiger charge is 2.15. The monoisotopic (exact) mass is 424 g/mol. The SMILES string of the molecule is CCNC(=NCc1ccon1)NCCCOC1CCOC1.I. The highest BCUT2D eigenvalue weighted by Crippen LogP contribution is 2.07. The van der Waals surface area contributed by atoms with Crippen molar-refractivity contribution in [3.8, 4) is 0 Å². The largest absolute Gasteiger partial charge is 0.379 e. The van der Waals surface area contributed by atoms with E-state index >= 15 is 0 Å². The zero-order chi connectivity index (χ0) is 14.8. The lowest BCUT2D eigenvalue weighted by molar-refractivity contribution is 0.0420. The minimum absolute atomic E-state index is 0. The van der Waals surface area contributed by atoms with E-state index in [1.165, 1.54) is 0 Å².